The largest absolute Gasteiger partial charge is 0.494 e. The minimum absolute atomic E-state index is 0.450. The van der Waals surface area contributed by atoms with Crippen LogP contribution in [-0.4, -0.2) is 42.2 Å². The highest BCUT2D eigenvalue weighted by molar-refractivity contribution is 5.76. The Morgan fingerprint density at radius 1 is 1.32 bits per heavy atom. The molecule has 1 aromatic carbocycles. The molecule has 4 nitrogen and oxygen atoms in total. The van der Waals surface area contributed by atoms with Crippen molar-refractivity contribution in [1.29, 1.82) is 0 Å². The van der Waals surface area contributed by atoms with E-state index >= 15 is 0 Å². The lowest BCUT2D eigenvalue weighted by Crippen LogP contribution is -2.29. The highest BCUT2D eigenvalue weighted by Gasteiger charge is 2.24. The van der Waals surface area contributed by atoms with Crippen LogP contribution in [0.2, 0.25) is 0 Å². The summed E-state index contributed by atoms with van der Waals surface area (Å²) in [6, 6.07) is 7.41. The van der Waals surface area contributed by atoms with Crippen molar-refractivity contribution in [2.45, 2.75) is 25.7 Å². The van der Waals surface area contributed by atoms with Crippen LogP contribution in [0.15, 0.2) is 24.3 Å². The Balaban J connectivity index is 2.07. The minimum atomic E-state index is -0.754. The molecule has 0 saturated carbocycles. The third-order valence-electron chi connectivity index (χ3n) is 3.53. The summed E-state index contributed by atoms with van der Waals surface area (Å²) in [5.74, 6) is -0.415. The summed E-state index contributed by atoms with van der Waals surface area (Å²) in [4.78, 5) is 13.7. The van der Waals surface area contributed by atoms with E-state index in [1.165, 1.54) is 12.8 Å². The number of aliphatic carboxylic acids is 1. The Kier molecular flexibility index (Phi) is 4.80. The summed E-state index contributed by atoms with van der Waals surface area (Å²) in [5.41, 5.74) is 0.850. The monoisotopic (exact) mass is 263 g/mol. The molecule has 1 aliphatic heterocycles. The number of hydrogen-bond acceptors (Lipinski definition) is 3. The van der Waals surface area contributed by atoms with Crippen LogP contribution in [0.25, 0.3) is 0 Å². The molecule has 1 aromatic rings. The molecular weight excluding hydrogens is 242 g/mol. The lowest BCUT2D eigenvalue weighted by molar-refractivity contribution is -0.139. The summed E-state index contributed by atoms with van der Waals surface area (Å²) < 4.78 is 5.38. The second-order valence-electron chi connectivity index (χ2n) is 4.90. The summed E-state index contributed by atoms with van der Waals surface area (Å²) in [6.07, 6.45) is 2.35. The summed E-state index contributed by atoms with van der Waals surface area (Å²) in [7, 11) is 0. The molecule has 1 fully saturated rings. The molecule has 1 heterocycles. The average molecular weight is 263 g/mol. The van der Waals surface area contributed by atoms with Crippen molar-refractivity contribution < 1.29 is 14.6 Å². The zero-order chi connectivity index (χ0) is 13.7. The van der Waals surface area contributed by atoms with Gasteiger partial charge in [-0.2, -0.15) is 0 Å². The van der Waals surface area contributed by atoms with Crippen molar-refractivity contribution in [2.75, 3.05) is 26.2 Å². The van der Waals surface area contributed by atoms with Crippen LogP contribution in [-0.2, 0) is 4.79 Å². The maximum Gasteiger partial charge on any atom is 0.312 e. The molecule has 1 aliphatic rings. The van der Waals surface area contributed by atoms with Gasteiger partial charge in [0.05, 0.1) is 12.5 Å². The quantitative estimate of drug-likeness (QED) is 0.856. The van der Waals surface area contributed by atoms with Crippen molar-refractivity contribution >= 4 is 5.97 Å². The number of hydrogen-bond donors (Lipinski definition) is 1. The maximum atomic E-state index is 11.4. The topological polar surface area (TPSA) is 49.8 Å². The van der Waals surface area contributed by atoms with Gasteiger partial charge in [0.1, 0.15) is 5.75 Å². The lowest BCUT2D eigenvalue weighted by Gasteiger charge is -2.20. The number of carboxylic acids is 1. The number of carbonyl (C=O) groups is 1. The fraction of sp³-hybridized carbons (Fsp3) is 0.533. The highest BCUT2D eigenvalue weighted by atomic mass is 16.5. The second-order valence-corrected chi connectivity index (χ2v) is 4.90. The number of likely N-dealkylation sites (tertiary alicyclic amines) is 1. The number of carboxylic acid groups (broad SMARTS) is 1. The van der Waals surface area contributed by atoms with Gasteiger partial charge in [-0.1, -0.05) is 12.1 Å². The van der Waals surface area contributed by atoms with E-state index < -0.39 is 11.9 Å². The molecule has 0 amide bonds. The number of nitrogens with zero attached hydrogens (tertiary/aromatic N) is 1. The molecule has 0 bridgehead atoms. The number of ether oxygens (including phenoxy) is 1. The molecule has 0 spiro atoms. The first-order valence-electron chi connectivity index (χ1n) is 6.88. The van der Waals surface area contributed by atoms with Gasteiger partial charge in [-0.25, -0.2) is 0 Å². The molecular formula is C15H21NO3. The highest BCUT2D eigenvalue weighted by Crippen LogP contribution is 2.22. The van der Waals surface area contributed by atoms with E-state index in [4.69, 9.17) is 4.74 Å². The van der Waals surface area contributed by atoms with Crippen LogP contribution in [0.1, 0.15) is 31.2 Å². The first kappa shape index (κ1) is 13.9. The third kappa shape index (κ3) is 3.70. The molecule has 0 radical (unpaired) electrons. The molecule has 0 aliphatic carbocycles. The molecule has 1 saturated heterocycles. The van der Waals surface area contributed by atoms with Crippen molar-refractivity contribution in [2.24, 2.45) is 0 Å². The molecule has 1 N–H and O–H groups in total. The van der Waals surface area contributed by atoms with Gasteiger partial charge in [0.2, 0.25) is 0 Å². The van der Waals surface area contributed by atoms with Crippen LogP contribution in [0.4, 0.5) is 0 Å². The standard InChI is InChI=1S/C15H21NO3/c1-2-19-13-7-5-12(6-8-13)14(15(17)18)11-16-9-3-4-10-16/h5-8,14H,2-4,9-11H2,1H3,(H,17,18). The zero-order valence-corrected chi connectivity index (χ0v) is 11.3. The van der Waals surface area contributed by atoms with Gasteiger partial charge in [-0.05, 0) is 50.6 Å². The van der Waals surface area contributed by atoms with E-state index in [9.17, 15) is 9.90 Å². The summed E-state index contributed by atoms with van der Waals surface area (Å²) in [5, 5.41) is 9.40. The van der Waals surface area contributed by atoms with Gasteiger partial charge in [0.25, 0.3) is 0 Å². The van der Waals surface area contributed by atoms with Gasteiger partial charge < -0.3 is 14.7 Å². The molecule has 0 aromatic heterocycles. The van der Waals surface area contributed by atoms with E-state index in [1.54, 1.807) is 0 Å². The number of rotatable bonds is 6. The zero-order valence-electron chi connectivity index (χ0n) is 11.3. The van der Waals surface area contributed by atoms with Gasteiger partial charge in [0.15, 0.2) is 0 Å². The van der Waals surface area contributed by atoms with Gasteiger partial charge in [-0.3, -0.25) is 4.79 Å². The summed E-state index contributed by atoms with van der Waals surface area (Å²) >= 11 is 0. The first-order valence-corrected chi connectivity index (χ1v) is 6.88. The fourth-order valence-corrected chi connectivity index (χ4v) is 2.51. The third-order valence-corrected chi connectivity index (χ3v) is 3.53. The van der Waals surface area contributed by atoms with E-state index in [2.05, 4.69) is 4.90 Å². The molecule has 2 rings (SSSR count). The van der Waals surface area contributed by atoms with Gasteiger partial charge >= 0.3 is 5.97 Å². The molecule has 104 valence electrons. The van der Waals surface area contributed by atoms with Crippen LogP contribution in [0, 0.1) is 0 Å². The van der Waals surface area contributed by atoms with Crippen molar-refractivity contribution in [3.05, 3.63) is 29.8 Å². The van der Waals surface area contributed by atoms with Crippen molar-refractivity contribution in [3.63, 3.8) is 0 Å². The predicted molar refractivity (Wildman–Crippen MR) is 73.7 cm³/mol. The van der Waals surface area contributed by atoms with E-state index in [-0.39, 0.29) is 0 Å². The van der Waals surface area contributed by atoms with Crippen LogP contribution in [0.3, 0.4) is 0 Å². The van der Waals surface area contributed by atoms with Crippen LogP contribution in [0.5, 0.6) is 5.75 Å². The Labute approximate surface area is 114 Å². The van der Waals surface area contributed by atoms with Gasteiger partial charge in [-0.15, -0.1) is 0 Å². The molecule has 1 atom stereocenters. The Morgan fingerprint density at radius 2 is 1.95 bits per heavy atom. The minimum Gasteiger partial charge on any atom is -0.494 e. The molecule has 4 heteroatoms. The Morgan fingerprint density at radius 3 is 2.47 bits per heavy atom. The van der Waals surface area contributed by atoms with E-state index in [0.717, 1.165) is 24.4 Å². The van der Waals surface area contributed by atoms with Crippen LogP contribution < -0.4 is 4.74 Å². The Bertz CT molecular complexity index is 410. The van der Waals surface area contributed by atoms with Crippen LogP contribution >= 0.6 is 0 Å². The predicted octanol–water partition coefficient (Wildman–Crippen LogP) is 2.35. The number of benzene rings is 1. The van der Waals surface area contributed by atoms with E-state index in [1.807, 2.05) is 31.2 Å². The molecule has 1 unspecified atom stereocenters. The van der Waals surface area contributed by atoms with Crippen molar-refractivity contribution in [3.8, 4) is 5.75 Å². The average Bonchev–Trinajstić information content (AvgIpc) is 2.90. The second kappa shape index (κ2) is 6.57. The smallest absolute Gasteiger partial charge is 0.312 e. The molecule has 19 heavy (non-hydrogen) atoms. The summed E-state index contributed by atoms with van der Waals surface area (Å²) in [6.45, 7) is 5.18. The van der Waals surface area contributed by atoms with Crippen molar-refractivity contribution in [1.82, 2.24) is 4.90 Å². The fourth-order valence-electron chi connectivity index (χ4n) is 2.51. The van der Waals surface area contributed by atoms with Gasteiger partial charge in [0, 0.05) is 6.54 Å². The lowest BCUT2D eigenvalue weighted by atomic mass is 9.98. The Hall–Kier alpha value is -1.55. The first-order chi connectivity index (χ1) is 9.20. The maximum absolute atomic E-state index is 11.4. The SMILES string of the molecule is CCOc1ccc(C(CN2CCCC2)C(=O)O)cc1. The van der Waals surface area contributed by atoms with E-state index in [0.29, 0.717) is 13.2 Å². The normalized spacial score (nSPS) is 17.3.